The van der Waals surface area contributed by atoms with Crippen LogP contribution in [0.3, 0.4) is 0 Å². The highest BCUT2D eigenvalue weighted by molar-refractivity contribution is 8.01. The van der Waals surface area contributed by atoms with Gasteiger partial charge < -0.3 is 5.32 Å². The molecule has 0 radical (unpaired) electrons. The van der Waals surface area contributed by atoms with Gasteiger partial charge in [0.2, 0.25) is 5.91 Å². The molecule has 6 nitrogen and oxygen atoms in total. The number of benzene rings is 1. The van der Waals surface area contributed by atoms with Crippen LogP contribution in [0, 0.1) is 3.95 Å². The molecule has 0 spiro atoms. The Morgan fingerprint density at radius 1 is 1.36 bits per heavy atom. The van der Waals surface area contributed by atoms with Gasteiger partial charge in [0.15, 0.2) is 8.29 Å². The number of nitrogens with zero attached hydrogens (tertiary/aromatic N) is 2. The molecule has 116 valence electrons. The summed E-state index contributed by atoms with van der Waals surface area (Å²) in [4.78, 5) is 22.8. The van der Waals surface area contributed by atoms with Crippen LogP contribution in [-0.4, -0.2) is 34.0 Å². The third kappa shape index (κ3) is 4.65. The third-order valence-electron chi connectivity index (χ3n) is 2.45. The van der Waals surface area contributed by atoms with Crippen LogP contribution in [-0.2, 0) is 4.79 Å². The van der Waals surface area contributed by atoms with Crippen molar-refractivity contribution in [2.24, 2.45) is 0 Å². The molecule has 0 bridgehead atoms. The molecule has 9 heteroatoms. The van der Waals surface area contributed by atoms with E-state index in [9.17, 15) is 9.59 Å². The van der Waals surface area contributed by atoms with Gasteiger partial charge in [0, 0.05) is 6.54 Å². The van der Waals surface area contributed by atoms with Crippen LogP contribution in [0.2, 0.25) is 0 Å². The molecule has 1 heterocycles. The van der Waals surface area contributed by atoms with Gasteiger partial charge in [-0.15, -0.1) is 5.10 Å². The molecule has 0 fully saturated rings. The maximum atomic E-state index is 11.6. The van der Waals surface area contributed by atoms with Crippen LogP contribution in [0.5, 0.6) is 0 Å². The number of para-hydroxylation sites is 1. The average Bonchev–Trinajstić information content (AvgIpc) is 2.87. The van der Waals surface area contributed by atoms with Crippen molar-refractivity contribution in [3.8, 4) is 5.69 Å². The van der Waals surface area contributed by atoms with Crippen molar-refractivity contribution in [3.05, 3.63) is 34.3 Å². The van der Waals surface area contributed by atoms with E-state index in [1.54, 1.807) is 11.6 Å². The van der Waals surface area contributed by atoms with Gasteiger partial charge in [-0.2, -0.15) is 0 Å². The van der Waals surface area contributed by atoms with Gasteiger partial charge in [0.05, 0.1) is 11.4 Å². The summed E-state index contributed by atoms with van der Waals surface area (Å²) in [6.45, 7) is 2.25. The highest BCUT2D eigenvalue weighted by Gasteiger charge is 2.11. The Kier molecular flexibility index (Phi) is 6.10. The van der Waals surface area contributed by atoms with Crippen LogP contribution in [0.1, 0.15) is 6.92 Å². The Bertz CT molecular complexity index is 712. The summed E-state index contributed by atoms with van der Waals surface area (Å²) in [5, 5.41) is 9.11. The number of aromatic nitrogens is 2. The summed E-state index contributed by atoms with van der Waals surface area (Å²) >= 11 is 7.86. The molecule has 0 saturated heterocycles. The van der Waals surface area contributed by atoms with Crippen molar-refractivity contribution in [1.29, 1.82) is 0 Å². The van der Waals surface area contributed by atoms with E-state index < -0.39 is 6.03 Å². The lowest BCUT2D eigenvalue weighted by molar-refractivity contribution is -0.117. The van der Waals surface area contributed by atoms with Crippen molar-refractivity contribution in [1.82, 2.24) is 20.4 Å². The minimum Gasteiger partial charge on any atom is -0.338 e. The molecule has 0 atom stereocenters. The number of rotatable bonds is 5. The summed E-state index contributed by atoms with van der Waals surface area (Å²) in [5.74, 6) is -0.267. The van der Waals surface area contributed by atoms with E-state index in [0.29, 0.717) is 14.8 Å². The van der Waals surface area contributed by atoms with Crippen molar-refractivity contribution in [2.45, 2.75) is 11.3 Å². The lowest BCUT2D eigenvalue weighted by atomic mass is 10.3. The van der Waals surface area contributed by atoms with E-state index in [2.05, 4.69) is 15.7 Å². The smallest absolute Gasteiger partial charge is 0.321 e. The third-order valence-corrected chi connectivity index (χ3v) is 4.81. The Labute approximate surface area is 140 Å². The molecule has 2 aromatic rings. The Hall–Kier alpha value is -1.71. The first-order valence-electron chi connectivity index (χ1n) is 6.46. The van der Waals surface area contributed by atoms with Crippen molar-refractivity contribution in [2.75, 3.05) is 12.3 Å². The van der Waals surface area contributed by atoms with Crippen molar-refractivity contribution >= 4 is 47.3 Å². The minimum absolute atomic E-state index is 0.105. The van der Waals surface area contributed by atoms with E-state index in [-0.39, 0.29) is 11.7 Å². The van der Waals surface area contributed by atoms with Crippen LogP contribution in [0.25, 0.3) is 5.69 Å². The zero-order chi connectivity index (χ0) is 15.9. The average molecular weight is 354 g/mol. The molecule has 0 aliphatic rings. The predicted octanol–water partition coefficient (Wildman–Crippen LogP) is 2.60. The van der Waals surface area contributed by atoms with E-state index in [4.69, 9.17) is 12.2 Å². The number of hydrogen-bond acceptors (Lipinski definition) is 6. The first-order valence-corrected chi connectivity index (χ1v) is 8.67. The molecular weight excluding hydrogens is 340 g/mol. The molecule has 2 N–H and O–H groups in total. The number of amides is 3. The fraction of sp³-hybridized carbons (Fsp3) is 0.231. The molecular formula is C13H14N4O2S3. The Balaban J connectivity index is 1.96. The topological polar surface area (TPSA) is 76.0 Å². The fourth-order valence-electron chi connectivity index (χ4n) is 1.55. The van der Waals surface area contributed by atoms with Crippen LogP contribution in [0.4, 0.5) is 4.79 Å². The standard InChI is InChI=1S/C13H14N4O2S3/c1-2-14-11(19)15-10(18)8-21-12-16-17(13(20)22-12)9-6-4-3-5-7-9/h3-7H,2,8H2,1H3,(H2,14,15,18,19). The number of nitrogens with one attached hydrogen (secondary N) is 2. The zero-order valence-corrected chi connectivity index (χ0v) is 14.2. The van der Waals surface area contributed by atoms with Crippen LogP contribution >= 0.6 is 35.3 Å². The normalized spacial score (nSPS) is 10.2. The fourth-order valence-corrected chi connectivity index (χ4v) is 3.71. The van der Waals surface area contributed by atoms with Crippen molar-refractivity contribution < 1.29 is 9.59 Å². The van der Waals surface area contributed by atoms with E-state index >= 15 is 0 Å². The summed E-state index contributed by atoms with van der Waals surface area (Å²) < 4.78 is 2.95. The highest BCUT2D eigenvalue weighted by Crippen LogP contribution is 2.23. The summed E-state index contributed by atoms with van der Waals surface area (Å²) in [6.07, 6.45) is 0. The zero-order valence-electron chi connectivity index (χ0n) is 11.7. The van der Waals surface area contributed by atoms with Gasteiger partial charge in [-0.1, -0.05) is 41.3 Å². The van der Waals surface area contributed by atoms with Crippen LogP contribution in [0.15, 0.2) is 34.7 Å². The molecule has 2 rings (SSSR count). The second-order valence-corrected chi connectivity index (χ2v) is 6.92. The number of carbonyl (C=O) groups is 2. The lowest BCUT2D eigenvalue weighted by Gasteiger charge is -2.03. The predicted molar refractivity (Wildman–Crippen MR) is 90.2 cm³/mol. The summed E-state index contributed by atoms with van der Waals surface area (Å²) in [5.41, 5.74) is 0.877. The van der Waals surface area contributed by atoms with E-state index in [1.807, 2.05) is 30.3 Å². The number of urea groups is 1. The molecule has 1 aromatic heterocycles. The summed E-state index contributed by atoms with van der Waals surface area (Å²) in [7, 11) is 0. The number of imide groups is 1. The first kappa shape index (κ1) is 16.7. The van der Waals surface area contributed by atoms with Gasteiger partial charge in [0.25, 0.3) is 0 Å². The SMILES string of the molecule is CCNC(=O)NC(=O)CSc1nn(-c2ccccc2)c(=S)s1. The van der Waals surface area contributed by atoms with Gasteiger partial charge in [-0.3, -0.25) is 10.1 Å². The van der Waals surface area contributed by atoms with Gasteiger partial charge in [0.1, 0.15) is 0 Å². The minimum atomic E-state index is -0.490. The van der Waals surface area contributed by atoms with Crippen molar-refractivity contribution in [3.63, 3.8) is 0 Å². The molecule has 0 unspecified atom stereocenters. The number of hydrogen-bond donors (Lipinski definition) is 2. The van der Waals surface area contributed by atoms with Gasteiger partial charge in [-0.05, 0) is 31.3 Å². The molecule has 22 heavy (non-hydrogen) atoms. The van der Waals surface area contributed by atoms with Crippen LogP contribution < -0.4 is 10.6 Å². The number of thioether (sulfide) groups is 1. The molecule has 3 amide bonds. The Morgan fingerprint density at radius 2 is 2.09 bits per heavy atom. The second kappa shape index (κ2) is 8.06. The van der Waals surface area contributed by atoms with Gasteiger partial charge in [-0.25, -0.2) is 9.48 Å². The maximum Gasteiger partial charge on any atom is 0.321 e. The lowest BCUT2D eigenvalue weighted by Crippen LogP contribution is -2.40. The van der Waals surface area contributed by atoms with Gasteiger partial charge >= 0.3 is 6.03 Å². The van der Waals surface area contributed by atoms with E-state index in [1.165, 1.54) is 23.1 Å². The molecule has 0 saturated carbocycles. The largest absolute Gasteiger partial charge is 0.338 e. The molecule has 1 aromatic carbocycles. The molecule has 0 aliphatic carbocycles. The van der Waals surface area contributed by atoms with E-state index in [0.717, 1.165) is 5.69 Å². The second-order valence-electron chi connectivity index (χ2n) is 4.08. The number of carbonyl (C=O) groups excluding carboxylic acids is 2. The summed E-state index contributed by atoms with van der Waals surface area (Å²) in [6, 6.07) is 9.06. The first-order chi connectivity index (χ1) is 10.6. The monoisotopic (exact) mass is 354 g/mol. The molecule has 0 aliphatic heterocycles. The Morgan fingerprint density at radius 3 is 2.77 bits per heavy atom. The quantitative estimate of drug-likeness (QED) is 0.638. The highest BCUT2D eigenvalue weighted by atomic mass is 32.2. The maximum absolute atomic E-state index is 11.6.